The molecule has 0 saturated carbocycles. The standard InChI is InChI=1S/C13H16F2NO/c1-2-3-6-9-16-17-10-11-7-4-5-8-12(11)13(14)15/h4-5,7-8,13H,2-3,6,10H2,1H3. The van der Waals surface area contributed by atoms with Crippen LogP contribution in [0, 0.1) is 0 Å². The van der Waals surface area contributed by atoms with E-state index in [4.69, 9.17) is 4.84 Å². The Bertz CT molecular complexity index is 353. The Morgan fingerprint density at radius 1 is 1.35 bits per heavy atom. The molecule has 1 aromatic rings. The molecule has 2 nitrogen and oxygen atoms in total. The van der Waals surface area contributed by atoms with Crippen molar-refractivity contribution in [2.45, 2.75) is 39.2 Å². The predicted octanol–water partition coefficient (Wildman–Crippen LogP) is 4.19. The van der Waals surface area contributed by atoms with Crippen molar-refractivity contribution in [3.05, 3.63) is 35.4 Å². The normalized spacial score (nSPS) is 11.3. The minimum atomic E-state index is -2.48. The third-order valence-electron chi connectivity index (χ3n) is 2.28. The van der Waals surface area contributed by atoms with Gasteiger partial charge < -0.3 is 4.84 Å². The summed E-state index contributed by atoms with van der Waals surface area (Å²) in [4.78, 5) is 4.94. The summed E-state index contributed by atoms with van der Waals surface area (Å²) in [7, 11) is 0. The van der Waals surface area contributed by atoms with E-state index < -0.39 is 6.43 Å². The molecule has 0 aliphatic heterocycles. The minimum Gasteiger partial charge on any atom is -0.391 e. The Morgan fingerprint density at radius 2 is 2.12 bits per heavy atom. The number of halogens is 2. The highest BCUT2D eigenvalue weighted by Gasteiger charge is 2.11. The number of hydrogen-bond acceptors (Lipinski definition) is 2. The maximum atomic E-state index is 12.6. The van der Waals surface area contributed by atoms with E-state index in [9.17, 15) is 8.78 Å². The second-order valence-electron chi connectivity index (χ2n) is 3.63. The molecule has 0 atom stereocenters. The van der Waals surface area contributed by atoms with Gasteiger partial charge in [-0.1, -0.05) is 42.8 Å². The summed E-state index contributed by atoms with van der Waals surface area (Å²) in [6.07, 6.45) is 3.03. The van der Waals surface area contributed by atoms with E-state index in [0.29, 0.717) is 5.56 Å². The largest absolute Gasteiger partial charge is 0.391 e. The van der Waals surface area contributed by atoms with Crippen molar-refractivity contribution >= 4 is 6.21 Å². The molecule has 0 spiro atoms. The van der Waals surface area contributed by atoms with Gasteiger partial charge in [-0.2, -0.15) is 0 Å². The Hall–Kier alpha value is -1.45. The number of hydrogen-bond donors (Lipinski definition) is 0. The van der Waals surface area contributed by atoms with Gasteiger partial charge in [-0.05, 0) is 12.8 Å². The van der Waals surface area contributed by atoms with Gasteiger partial charge >= 0.3 is 0 Å². The predicted molar refractivity (Wildman–Crippen MR) is 63.1 cm³/mol. The van der Waals surface area contributed by atoms with Crippen molar-refractivity contribution < 1.29 is 13.6 Å². The van der Waals surface area contributed by atoms with Gasteiger partial charge in [-0.15, -0.1) is 0 Å². The first kappa shape index (κ1) is 13.6. The lowest BCUT2D eigenvalue weighted by atomic mass is 10.1. The molecule has 0 N–H and O–H groups in total. The van der Waals surface area contributed by atoms with E-state index in [1.807, 2.05) is 0 Å². The molecule has 0 bridgehead atoms. The van der Waals surface area contributed by atoms with Crippen molar-refractivity contribution in [3.63, 3.8) is 0 Å². The molecule has 0 heterocycles. The van der Waals surface area contributed by atoms with Crippen molar-refractivity contribution in [1.82, 2.24) is 0 Å². The third-order valence-corrected chi connectivity index (χ3v) is 2.28. The third kappa shape index (κ3) is 4.93. The lowest BCUT2D eigenvalue weighted by molar-refractivity contribution is 0.119. The van der Waals surface area contributed by atoms with Gasteiger partial charge in [0, 0.05) is 11.1 Å². The van der Waals surface area contributed by atoms with Crippen LogP contribution < -0.4 is 0 Å². The van der Waals surface area contributed by atoms with Gasteiger partial charge in [0.15, 0.2) is 0 Å². The highest BCUT2D eigenvalue weighted by atomic mass is 19.3. The lowest BCUT2D eigenvalue weighted by Gasteiger charge is -2.06. The molecule has 1 rings (SSSR count). The van der Waals surface area contributed by atoms with Gasteiger partial charge in [0.2, 0.25) is 0 Å². The van der Waals surface area contributed by atoms with E-state index in [0.717, 1.165) is 19.3 Å². The van der Waals surface area contributed by atoms with Crippen molar-refractivity contribution in [2.24, 2.45) is 5.16 Å². The van der Waals surface area contributed by atoms with Gasteiger partial charge in [-0.3, -0.25) is 0 Å². The zero-order chi connectivity index (χ0) is 12.5. The van der Waals surface area contributed by atoms with Gasteiger partial charge in [0.1, 0.15) is 12.8 Å². The number of rotatable bonds is 7. The summed E-state index contributed by atoms with van der Waals surface area (Å²) in [5, 5.41) is 3.61. The molecule has 4 heteroatoms. The van der Waals surface area contributed by atoms with Crippen molar-refractivity contribution in [3.8, 4) is 0 Å². The minimum absolute atomic E-state index is 0.00346. The summed E-state index contributed by atoms with van der Waals surface area (Å²) in [5.74, 6) is 0. The van der Waals surface area contributed by atoms with Gasteiger partial charge in [0.25, 0.3) is 6.43 Å². The van der Waals surface area contributed by atoms with Crippen LogP contribution in [0.2, 0.25) is 0 Å². The fraction of sp³-hybridized carbons (Fsp3) is 0.462. The average Bonchev–Trinajstić information content (AvgIpc) is 2.34. The maximum Gasteiger partial charge on any atom is 0.264 e. The van der Waals surface area contributed by atoms with Crippen LogP contribution in [0.4, 0.5) is 8.78 Å². The molecule has 0 aliphatic rings. The van der Waals surface area contributed by atoms with Crippen molar-refractivity contribution in [1.29, 1.82) is 0 Å². The Morgan fingerprint density at radius 3 is 2.82 bits per heavy atom. The van der Waals surface area contributed by atoms with Crippen LogP contribution in [0.5, 0.6) is 0 Å². The van der Waals surface area contributed by atoms with E-state index in [1.54, 1.807) is 18.2 Å². The molecule has 0 unspecified atom stereocenters. The number of unbranched alkanes of at least 4 members (excludes halogenated alkanes) is 2. The molecule has 93 valence electrons. The molecule has 0 amide bonds. The van der Waals surface area contributed by atoms with Crippen LogP contribution in [0.1, 0.15) is 43.7 Å². The van der Waals surface area contributed by atoms with Crippen LogP contribution >= 0.6 is 0 Å². The molecule has 1 radical (unpaired) electrons. The maximum absolute atomic E-state index is 12.6. The molecular formula is C13H16F2NO. The van der Waals surface area contributed by atoms with E-state index in [-0.39, 0.29) is 12.2 Å². The zero-order valence-corrected chi connectivity index (χ0v) is 9.83. The van der Waals surface area contributed by atoms with E-state index in [1.165, 1.54) is 6.07 Å². The van der Waals surface area contributed by atoms with Crippen LogP contribution in [0.3, 0.4) is 0 Å². The molecule has 0 aliphatic carbocycles. The molecule has 0 fully saturated rings. The highest BCUT2D eigenvalue weighted by Crippen LogP contribution is 2.23. The summed E-state index contributed by atoms with van der Waals surface area (Å²) in [6.45, 7) is 2.13. The fourth-order valence-electron chi connectivity index (χ4n) is 1.33. The molecule has 17 heavy (non-hydrogen) atoms. The number of benzene rings is 1. The summed E-state index contributed by atoms with van der Waals surface area (Å²) in [6, 6.07) is 6.30. The lowest BCUT2D eigenvalue weighted by Crippen LogP contribution is -1.95. The Labute approximate surface area is 100 Å². The molecular weight excluding hydrogens is 224 g/mol. The first-order valence-corrected chi connectivity index (χ1v) is 5.66. The van der Waals surface area contributed by atoms with Crippen molar-refractivity contribution in [2.75, 3.05) is 0 Å². The second kappa shape index (κ2) is 7.76. The average molecular weight is 240 g/mol. The van der Waals surface area contributed by atoms with Gasteiger partial charge in [0.05, 0.1) is 0 Å². The SMILES string of the molecule is CCCC/[C]=N/OCc1ccccc1C(F)F. The van der Waals surface area contributed by atoms with E-state index in [2.05, 4.69) is 18.3 Å². The van der Waals surface area contributed by atoms with Gasteiger partial charge in [-0.25, -0.2) is 8.78 Å². The smallest absolute Gasteiger partial charge is 0.264 e. The second-order valence-corrected chi connectivity index (χ2v) is 3.63. The summed E-state index contributed by atoms with van der Waals surface area (Å²) >= 11 is 0. The molecule has 0 aromatic heterocycles. The van der Waals surface area contributed by atoms with Crippen LogP contribution in [0.15, 0.2) is 29.4 Å². The fourth-order valence-corrected chi connectivity index (χ4v) is 1.33. The monoisotopic (exact) mass is 240 g/mol. The Balaban J connectivity index is 2.43. The van der Waals surface area contributed by atoms with Crippen LogP contribution in [0.25, 0.3) is 0 Å². The topological polar surface area (TPSA) is 21.6 Å². The summed E-state index contributed by atoms with van der Waals surface area (Å²) in [5.41, 5.74) is 0.458. The quantitative estimate of drug-likeness (QED) is 0.398. The first-order valence-electron chi connectivity index (χ1n) is 5.66. The van der Waals surface area contributed by atoms with E-state index >= 15 is 0 Å². The first-order chi connectivity index (χ1) is 8.25. The molecule has 0 saturated heterocycles. The number of alkyl halides is 2. The van der Waals surface area contributed by atoms with Crippen LogP contribution in [-0.2, 0) is 11.4 Å². The highest BCUT2D eigenvalue weighted by molar-refractivity contribution is 5.56. The summed E-state index contributed by atoms with van der Waals surface area (Å²) < 4.78 is 25.2. The van der Waals surface area contributed by atoms with Crippen LogP contribution in [-0.4, -0.2) is 6.21 Å². The Kier molecular flexibility index (Phi) is 6.22. The zero-order valence-electron chi connectivity index (χ0n) is 9.83. The molecule has 1 aromatic carbocycles. The number of nitrogens with zero attached hydrogens (tertiary/aromatic N) is 1.